The van der Waals surface area contributed by atoms with Gasteiger partial charge in [-0.3, -0.25) is 0 Å². The number of benzene rings is 9. The maximum absolute atomic E-state index is 3.72. The van der Waals surface area contributed by atoms with E-state index in [-0.39, 0.29) is 24.8 Å². The van der Waals surface area contributed by atoms with Crippen LogP contribution in [0.4, 0.5) is 0 Å². The number of aryl methyl sites for hydroxylation is 4. The molecule has 0 bridgehead atoms. The van der Waals surface area contributed by atoms with Gasteiger partial charge in [0.2, 0.25) is 0 Å². The van der Waals surface area contributed by atoms with Gasteiger partial charge in [0.1, 0.15) is 0 Å². The van der Waals surface area contributed by atoms with Crippen molar-refractivity contribution in [2.24, 2.45) is 0 Å². The number of halogens is 2. The molecule has 0 aliphatic carbocycles. The molecule has 61 heavy (non-hydrogen) atoms. The Morgan fingerprint density at radius 1 is 0.377 bits per heavy atom. The summed E-state index contributed by atoms with van der Waals surface area (Å²) in [6.07, 6.45) is 0. The van der Waals surface area contributed by atoms with Gasteiger partial charge >= 0.3 is 30.2 Å². The third-order valence-electron chi connectivity index (χ3n) is 11.4. The van der Waals surface area contributed by atoms with Crippen molar-refractivity contribution < 1.29 is 48.1 Å². The fraction of sp³-hybridized carbons (Fsp3) is 0.0702. The van der Waals surface area contributed by atoms with Crippen LogP contribution >= 0.6 is 0 Å². The molecule has 11 aromatic carbocycles. The standard InChI is InChI=1S/2C25H19.C7H7.2ClH.Si.Zr/c2*1-16-10-11-22-21(12-16)13-17(2)25(22)23-9-5-8-20-14-18-6-3-4-7-19(18)15-24(20)23;1-7-5-3-2-4-6-7;;;;/h2*3-15H,1-2H3;2-6H,1H2;2*1H;;/q3*-1;;;;+2/p-2. The van der Waals surface area contributed by atoms with Crippen LogP contribution < -0.4 is 24.8 Å². The molecule has 11 rings (SSSR count). The summed E-state index contributed by atoms with van der Waals surface area (Å²) in [4.78, 5) is 0. The Bertz CT molecular complexity index is 3060. The van der Waals surface area contributed by atoms with Crippen molar-refractivity contribution in [3.63, 3.8) is 0 Å². The van der Waals surface area contributed by atoms with Gasteiger partial charge in [-0.2, -0.15) is 24.6 Å². The van der Waals surface area contributed by atoms with Crippen molar-refractivity contribution in [2.45, 2.75) is 27.7 Å². The molecule has 0 nitrogen and oxygen atoms in total. The Kier molecular flexibility index (Phi) is 14.9. The first kappa shape index (κ1) is 45.3. The topological polar surface area (TPSA) is 0 Å². The second-order valence-corrected chi connectivity index (χ2v) is 15.5. The summed E-state index contributed by atoms with van der Waals surface area (Å²) >= 11 is 1.36. The summed E-state index contributed by atoms with van der Waals surface area (Å²) in [5, 5.41) is 15.8. The zero-order chi connectivity index (χ0) is 41.0. The second-order valence-electron chi connectivity index (χ2n) is 15.5. The molecule has 0 N–H and O–H groups in total. The van der Waals surface area contributed by atoms with Crippen LogP contribution in [0.2, 0.25) is 0 Å². The van der Waals surface area contributed by atoms with Gasteiger partial charge in [-0.25, -0.2) is 0 Å². The van der Waals surface area contributed by atoms with Crippen molar-refractivity contribution in [1.29, 1.82) is 0 Å². The van der Waals surface area contributed by atoms with E-state index in [1.807, 2.05) is 30.3 Å². The molecule has 0 fully saturated rings. The Balaban J connectivity index is 0.000000166. The number of hydrogen-bond acceptors (Lipinski definition) is 0. The molecule has 0 spiro atoms. The van der Waals surface area contributed by atoms with Crippen molar-refractivity contribution in [1.82, 2.24) is 0 Å². The summed E-state index contributed by atoms with van der Waals surface area (Å²) < 4.78 is 0. The Morgan fingerprint density at radius 2 is 0.738 bits per heavy atom. The molecule has 0 atom stereocenters. The molecule has 0 amide bonds. The maximum atomic E-state index is 3.72. The van der Waals surface area contributed by atoms with Crippen molar-refractivity contribution in [2.75, 3.05) is 0 Å². The van der Waals surface area contributed by atoms with Crippen LogP contribution in [0.3, 0.4) is 0 Å². The van der Waals surface area contributed by atoms with Gasteiger partial charge in [-0.1, -0.05) is 139 Å². The van der Waals surface area contributed by atoms with E-state index in [1.165, 1.54) is 132 Å². The molecule has 4 heteroatoms. The summed E-state index contributed by atoms with van der Waals surface area (Å²) in [5.41, 5.74) is 11.8. The summed E-state index contributed by atoms with van der Waals surface area (Å²) in [6.45, 7) is 15.6. The zero-order valence-electron chi connectivity index (χ0n) is 34.9. The molecule has 0 aromatic heterocycles. The van der Waals surface area contributed by atoms with E-state index >= 15 is 0 Å². The Morgan fingerprint density at radius 3 is 1.11 bits per heavy atom. The van der Waals surface area contributed by atoms with Crippen molar-refractivity contribution in [3.8, 4) is 22.3 Å². The van der Waals surface area contributed by atoms with Crippen LogP contribution in [0.1, 0.15) is 27.8 Å². The van der Waals surface area contributed by atoms with Gasteiger partial charge in [0.15, 0.2) is 0 Å². The fourth-order valence-electron chi connectivity index (χ4n) is 8.66. The van der Waals surface area contributed by atoms with E-state index in [2.05, 4.69) is 199 Å². The van der Waals surface area contributed by atoms with Gasteiger partial charge in [0, 0.05) is 0 Å². The van der Waals surface area contributed by atoms with Gasteiger partial charge in [0.25, 0.3) is 0 Å². The average Bonchev–Trinajstić information content (AvgIpc) is 3.76. The third kappa shape index (κ3) is 9.50. The summed E-state index contributed by atoms with van der Waals surface area (Å²) in [6, 6.07) is 67.9. The molecule has 2 radical (unpaired) electrons. The molecule has 0 heterocycles. The molecule has 0 unspecified atom stereocenters. The molecular weight excluding hydrogens is 875 g/mol. The predicted molar refractivity (Wildman–Crippen MR) is 256 cm³/mol. The van der Waals surface area contributed by atoms with Gasteiger partial charge < -0.3 is 24.8 Å². The summed E-state index contributed by atoms with van der Waals surface area (Å²) in [7, 11) is 0. The Hall–Kier alpha value is -5.21. The number of fused-ring (bicyclic) bond motifs is 6. The van der Waals surface area contributed by atoms with Crippen LogP contribution in [0, 0.1) is 34.6 Å². The molecule has 11 aromatic rings. The normalized spacial score (nSPS) is 10.6. The number of rotatable bonds is 2. The Labute approximate surface area is 389 Å². The first-order valence-corrected chi connectivity index (χ1v) is 24.3. The molecule has 0 aliphatic rings. The van der Waals surface area contributed by atoms with Gasteiger partial charge in [0.05, 0.1) is 0 Å². The minimum atomic E-state index is 0. The van der Waals surface area contributed by atoms with E-state index in [9.17, 15) is 0 Å². The van der Waals surface area contributed by atoms with Gasteiger partial charge in [-0.05, 0) is 81.2 Å². The molecule has 0 aliphatic heterocycles. The van der Waals surface area contributed by atoms with E-state index in [0.29, 0.717) is 0 Å². The molecular formula is C57H45Cl2SiZr-3. The minimum absolute atomic E-state index is 0. The predicted octanol–water partition coefficient (Wildman–Crippen LogP) is 9.79. The fourth-order valence-corrected chi connectivity index (χ4v) is 8.66. The van der Waals surface area contributed by atoms with Gasteiger partial charge in [-0.15, -0.1) is 92.3 Å². The third-order valence-corrected chi connectivity index (χ3v) is 11.4. The molecule has 0 saturated carbocycles. The molecule has 298 valence electrons. The number of hydrogen-bond donors (Lipinski definition) is 0. The quantitative estimate of drug-likeness (QED) is 0.0922. The first-order valence-electron chi connectivity index (χ1n) is 20.1. The van der Waals surface area contributed by atoms with Crippen molar-refractivity contribution >= 4 is 71.5 Å². The van der Waals surface area contributed by atoms with E-state index in [0.717, 1.165) is 5.56 Å². The van der Waals surface area contributed by atoms with Crippen LogP contribution in [0.25, 0.3) is 86.9 Å². The van der Waals surface area contributed by atoms with Crippen LogP contribution in [0.15, 0.2) is 188 Å². The van der Waals surface area contributed by atoms with Crippen LogP contribution in [0.5, 0.6) is 0 Å². The van der Waals surface area contributed by atoms with Crippen LogP contribution in [-0.2, 0) is 23.3 Å². The van der Waals surface area contributed by atoms with E-state index < -0.39 is 0 Å². The van der Waals surface area contributed by atoms with Crippen LogP contribution in [-0.4, -0.2) is 6.88 Å². The van der Waals surface area contributed by atoms with E-state index in [1.54, 1.807) is 0 Å². The SMILES string of the molecule is Cc1ccc2c(-c3cccc4cc5ccccc5cc34)c(C)[cH-]c2c1.Cc1ccc2c(-c3cccc4cc5ccccc5cc34)c(C)[cH-]c2c1.[CH2-]c1ccccc1.[Cl-].[Cl-].[Si]=[Zr+2]. The molecule has 0 saturated heterocycles. The zero-order valence-corrected chi connectivity index (χ0v) is 39.8. The summed E-state index contributed by atoms with van der Waals surface area (Å²) in [5.74, 6) is 0. The monoisotopic (exact) mass is 917 g/mol. The average molecular weight is 920 g/mol. The first-order chi connectivity index (χ1) is 28.8. The second kappa shape index (κ2) is 20.1. The van der Waals surface area contributed by atoms with E-state index in [4.69, 9.17) is 0 Å². The van der Waals surface area contributed by atoms with Crippen molar-refractivity contribution in [3.05, 3.63) is 223 Å².